The summed E-state index contributed by atoms with van der Waals surface area (Å²) in [6.45, 7) is 4.06. The predicted molar refractivity (Wildman–Crippen MR) is 150 cm³/mol. The molecule has 6 nitrogen and oxygen atoms in total. The summed E-state index contributed by atoms with van der Waals surface area (Å²) in [5.74, 6) is 3.41. The summed E-state index contributed by atoms with van der Waals surface area (Å²) in [7, 11) is 0. The van der Waals surface area contributed by atoms with Gasteiger partial charge in [-0.3, -0.25) is 19.7 Å². The number of amides is 3. The van der Waals surface area contributed by atoms with E-state index in [9.17, 15) is 14.4 Å². The highest BCUT2D eigenvalue weighted by atomic mass is 32.2. The smallest absolute Gasteiger partial charge is 0.255 e. The molecule has 6 aliphatic rings. The fraction of sp³-hybridized carbons (Fsp3) is 0.710. The van der Waals surface area contributed by atoms with Crippen LogP contribution in [-0.2, 0) is 16.1 Å². The molecule has 0 aromatic heterocycles. The number of hydrogen-bond donors (Lipinski definition) is 2. The first-order chi connectivity index (χ1) is 18.4. The van der Waals surface area contributed by atoms with E-state index in [1.807, 2.05) is 23.9 Å². The summed E-state index contributed by atoms with van der Waals surface area (Å²) < 4.78 is 0. The van der Waals surface area contributed by atoms with E-state index in [1.165, 1.54) is 64.2 Å². The minimum absolute atomic E-state index is 0.0905. The van der Waals surface area contributed by atoms with Crippen LogP contribution in [0.1, 0.15) is 99.9 Å². The quantitative estimate of drug-likeness (QED) is 0.228. The third-order valence-corrected chi connectivity index (χ3v) is 11.5. The number of nitrogens with zero attached hydrogens (tertiary/aromatic N) is 1. The molecule has 7 rings (SSSR count). The number of carbonyl (C=O) groups is 3. The second kappa shape index (κ2) is 11.0. The molecule has 7 heteroatoms. The lowest BCUT2D eigenvalue weighted by molar-refractivity contribution is -0.136. The molecule has 4 bridgehead atoms. The van der Waals surface area contributed by atoms with Gasteiger partial charge in [0.15, 0.2) is 0 Å². The van der Waals surface area contributed by atoms with Crippen LogP contribution in [0.5, 0.6) is 0 Å². The second-order valence-corrected chi connectivity index (χ2v) is 14.0. The van der Waals surface area contributed by atoms with Crippen LogP contribution in [0.2, 0.25) is 0 Å². The topological polar surface area (TPSA) is 78.5 Å². The fourth-order valence-electron chi connectivity index (χ4n) is 8.70. The van der Waals surface area contributed by atoms with E-state index in [-0.39, 0.29) is 24.1 Å². The van der Waals surface area contributed by atoms with Gasteiger partial charge in [-0.1, -0.05) is 18.9 Å². The molecule has 4 saturated carbocycles. The van der Waals surface area contributed by atoms with Gasteiger partial charge >= 0.3 is 0 Å². The number of fused-ring (bicyclic) bond motifs is 1. The van der Waals surface area contributed by atoms with E-state index >= 15 is 0 Å². The molecular weight excluding hydrogens is 494 g/mol. The van der Waals surface area contributed by atoms with Gasteiger partial charge in [0.1, 0.15) is 6.04 Å². The molecule has 206 valence electrons. The van der Waals surface area contributed by atoms with Gasteiger partial charge < -0.3 is 10.2 Å². The Kier molecular flexibility index (Phi) is 7.60. The van der Waals surface area contributed by atoms with Crippen molar-refractivity contribution in [2.24, 2.45) is 23.2 Å². The number of nitrogens with one attached hydrogen (secondary N) is 2. The van der Waals surface area contributed by atoms with Gasteiger partial charge in [0, 0.05) is 29.5 Å². The molecule has 2 unspecified atom stereocenters. The second-order valence-electron chi connectivity index (χ2n) is 12.9. The van der Waals surface area contributed by atoms with Gasteiger partial charge in [0.2, 0.25) is 11.8 Å². The first kappa shape index (κ1) is 26.4. The Morgan fingerprint density at radius 2 is 1.74 bits per heavy atom. The highest BCUT2D eigenvalue weighted by molar-refractivity contribution is 7.99. The molecule has 0 radical (unpaired) electrons. The highest BCUT2D eigenvalue weighted by Crippen LogP contribution is 2.61. The van der Waals surface area contributed by atoms with Crippen molar-refractivity contribution in [3.8, 4) is 0 Å². The average molecular weight is 538 g/mol. The Balaban J connectivity index is 0.909. The van der Waals surface area contributed by atoms with Crippen LogP contribution >= 0.6 is 11.8 Å². The lowest BCUT2D eigenvalue weighted by atomic mass is 9.48. The monoisotopic (exact) mass is 537 g/mol. The van der Waals surface area contributed by atoms with Gasteiger partial charge in [-0.05, 0) is 118 Å². The summed E-state index contributed by atoms with van der Waals surface area (Å²) in [6.07, 6.45) is 14.6. The van der Waals surface area contributed by atoms with E-state index in [0.29, 0.717) is 30.0 Å². The van der Waals surface area contributed by atoms with Crippen LogP contribution in [-0.4, -0.2) is 47.0 Å². The molecule has 1 aromatic carbocycles. The fourth-order valence-corrected chi connectivity index (χ4v) is 9.79. The number of imide groups is 1. The normalized spacial score (nSPS) is 32.6. The van der Waals surface area contributed by atoms with Crippen molar-refractivity contribution >= 4 is 29.5 Å². The number of hydrogen-bond acceptors (Lipinski definition) is 5. The first-order valence-electron chi connectivity index (χ1n) is 15.0. The highest BCUT2D eigenvalue weighted by Gasteiger charge is 2.52. The van der Waals surface area contributed by atoms with Crippen LogP contribution < -0.4 is 10.6 Å². The van der Waals surface area contributed by atoms with Gasteiger partial charge in [0.25, 0.3) is 5.91 Å². The molecule has 2 heterocycles. The van der Waals surface area contributed by atoms with E-state index < -0.39 is 6.04 Å². The molecule has 2 aliphatic heterocycles. The van der Waals surface area contributed by atoms with Crippen molar-refractivity contribution in [3.05, 3.63) is 29.3 Å². The Morgan fingerprint density at radius 3 is 2.45 bits per heavy atom. The zero-order chi connectivity index (χ0) is 26.3. The number of unbranched alkanes of at least 4 members (excludes halogenated alkanes) is 3. The van der Waals surface area contributed by atoms with Crippen LogP contribution in [0.25, 0.3) is 0 Å². The van der Waals surface area contributed by atoms with Crippen molar-refractivity contribution in [1.29, 1.82) is 0 Å². The third-order valence-electron chi connectivity index (χ3n) is 10.3. The number of benzene rings is 1. The molecule has 38 heavy (non-hydrogen) atoms. The lowest BCUT2D eigenvalue weighted by Crippen LogP contribution is -2.54. The van der Waals surface area contributed by atoms with Gasteiger partial charge in [-0.15, -0.1) is 11.8 Å². The van der Waals surface area contributed by atoms with Crippen LogP contribution in [0.15, 0.2) is 23.1 Å². The largest absolute Gasteiger partial charge is 0.322 e. The van der Waals surface area contributed by atoms with E-state index in [1.54, 1.807) is 4.90 Å². The Morgan fingerprint density at radius 1 is 1.03 bits per heavy atom. The van der Waals surface area contributed by atoms with Crippen LogP contribution in [0.4, 0.5) is 0 Å². The number of piperidine rings is 1. The molecule has 2 atom stereocenters. The summed E-state index contributed by atoms with van der Waals surface area (Å²) >= 11 is 1.83. The van der Waals surface area contributed by atoms with Gasteiger partial charge in [0.05, 0.1) is 0 Å². The maximum atomic E-state index is 13.0. The van der Waals surface area contributed by atoms with Crippen LogP contribution in [0, 0.1) is 23.2 Å². The maximum Gasteiger partial charge on any atom is 0.255 e. The van der Waals surface area contributed by atoms with E-state index in [0.717, 1.165) is 40.5 Å². The van der Waals surface area contributed by atoms with Crippen molar-refractivity contribution in [3.63, 3.8) is 0 Å². The summed E-state index contributed by atoms with van der Waals surface area (Å²) in [4.78, 5) is 39.7. The minimum atomic E-state index is -0.551. The predicted octanol–water partition coefficient (Wildman–Crippen LogP) is 5.29. The molecule has 3 amide bonds. The minimum Gasteiger partial charge on any atom is -0.322 e. The van der Waals surface area contributed by atoms with Crippen molar-refractivity contribution in [2.75, 3.05) is 12.3 Å². The number of thioether (sulfide) groups is 1. The van der Waals surface area contributed by atoms with Gasteiger partial charge in [-0.25, -0.2) is 0 Å². The molecule has 1 aromatic rings. The zero-order valence-electron chi connectivity index (χ0n) is 22.8. The third kappa shape index (κ3) is 5.17. The Bertz CT molecular complexity index is 1050. The lowest BCUT2D eigenvalue weighted by Gasteiger charge is -2.59. The van der Waals surface area contributed by atoms with E-state index in [2.05, 4.69) is 23.6 Å². The van der Waals surface area contributed by atoms with Crippen molar-refractivity contribution < 1.29 is 14.4 Å². The molecule has 2 N–H and O–H groups in total. The van der Waals surface area contributed by atoms with Gasteiger partial charge in [-0.2, -0.15) is 0 Å². The molecule has 5 fully saturated rings. The average Bonchev–Trinajstić information content (AvgIpc) is 3.21. The summed E-state index contributed by atoms with van der Waals surface area (Å²) in [6, 6.07) is 6.02. The number of carbonyl (C=O) groups excluding carboxylic acids is 3. The standard InChI is InChI=1S/C31H43N3O3S/c1-20(31-16-21-13-22(17-31)15-23(14-21)18-31)32-11-4-2-3-5-12-38-27-8-6-7-24-25(27)19-34(30(24)37)26-9-10-28(35)33-29(26)36/h6-8,20-23,26,32H,2-5,9-19H2,1H3,(H,33,35,36). The van der Waals surface area contributed by atoms with E-state index in [4.69, 9.17) is 0 Å². The Labute approximate surface area is 231 Å². The molecular formula is C31H43N3O3S. The first-order valence-corrected chi connectivity index (χ1v) is 16.0. The molecule has 0 spiro atoms. The van der Waals surface area contributed by atoms with Crippen molar-refractivity contribution in [2.45, 2.75) is 107 Å². The maximum absolute atomic E-state index is 13.0. The Hall–Kier alpha value is -1.86. The molecule has 1 saturated heterocycles. The summed E-state index contributed by atoms with van der Waals surface area (Å²) in [5, 5.41) is 6.32. The SMILES string of the molecule is CC(NCCCCCCSc1cccc2c1CN(C1CCC(=O)NC1=O)C2=O)C12CC3CC(CC(C3)C1)C2. The number of rotatable bonds is 11. The van der Waals surface area contributed by atoms with Crippen LogP contribution in [0.3, 0.4) is 0 Å². The van der Waals surface area contributed by atoms with Crippen molar-refractivity contribution in [1.82, 2.24) is 15.5 Å². The zero-order valence-corrected chi connectivity index (χ0v) is 23.6. The molecule has 4 aliphatic carbocycles. The summed E-state index contributed by atoms with van der Waals surface area (Å²) in [5.41, 5.74) is 2.34.